The Bertz CT molecular complexity index is 436. The van der Waals surface area contributed by atoms with Crippen molar-refractivity contribution in [1.82, 2.24) is 10.6 Å². The quantitative estimate of drug-likeness (QED) is 0.873. The van der Waals surface area contributed by atoms with Gasteiger partial charge in [-0.1, -0.05) is 12.1 Å². The predicted molar refractivity (Wildman–Crippen MR) is 73.4 cm³/mol. The number of halogens is 1. The number of rotatable bonds is 4. The molecule has 0 spiro atoms. The molecule has 1 aliphatic heterocycles. The van der Waals surface area contributed by atoms with Gasteiger partial charge in [-0.15, -0.1) is 0 Å². The zero-order chi connectivity index (χ0) is 13.7. The highest BCUT2D eigenvalue weighted by Gasteiger charge is 2.21. The van der Waals surface area contributed by atoms with Crippen molar-refractivity contribution in [1.29, 1.82) is 0 Å². The van der Waals surface area contributed by atoms with Gasteiger partial charge in [-0.05, 0) is 50.3 Å². The van der Waals surface area contributed by atoms with E-state index in [1.807, 2.05) is 13.0 Å². The molecular weight excluding hydrogens is 243 g/mol. The topological polar surface area (TPSA) is 41.1 Å². The SMILES string of the molecule is CC(Cc1cccc(F)c1)NC1CCCCNC1=O. The summed E-state index contributed by atoms with van der Waals surface area (Å²) in [5.74, 6) is -0.125. The number of amides is 1. The largest absolute Gasteiger partial charge is 0.355 e. The van der Waals surface area contributed by atoms with Gasteiger partial charge in [-0.2, -0.15) is 0 Å². The number of hydrogen-bond donors (Lipinski definition) is 2. The Kier molecular flexibility index (Phi) is 4.91. The minimum absolute atomic E-state index is 0.0867. The van der Waals surface area contributed by atoms with Crippen molar-refractivity contribution >= 4 is 5.91 Å². The van der Waals surface area contributed by atoms with Gasteiger partial charge in [0.15, 0.2) is 0 Å². The molecule has 4 heteroatoms. The van der Waals surface area contributed by atoms with Crippen LogP contribution < -0.4 is 10.6 Å². The Labute approximate surface area is 113 Å². The molecule has 2 unspecified atom stereocenters. The van der Waals surface area contributed by atoms with Gasteiger partial charge in [0, 0.05) is 12.6 Å². The van der Waals surface area contributed by atoms with Crippen LogP contribution in [0.5, 0.6) is 0 Å². The molecule has 0 radical (unpaired) electrons. The number of benzene rings is 1. The third-order valence-electron chi connectivity index (χ3n) is 3.45. The Balaban J connectivity index is 1.89. The minimum atomic E-state index is -0.211. The Morgan fingerprint density at radius 2 is 2.32 bits per heavy atom. The van der Waals surface area contributed by atoms with Crippen LogP contribution in [0.3, 0.4) is 0 Å². The average Bonchev–Trinajstić information content (AvgIpc) is 2.55. The molecule has 19 heavy (non-hydrogen) atoms. The van der Waals surface area contributed by atoms with Crippen LogP contribution in [-0.4, -0.2) is 24.5 Å². The maximum absolute atomic E-state index is 13.1. The van der Waals surface area contributed by atoms with Gasteiger partial charge >= 0.3 is 0 Å². The number of carbonyl (C=O) groups excluding carboxylic acids is 1. The molecule has 1 heterocycles. The molecule has 0 bridgehead atoms. The number of carbonyl (C=O) groups is 1. The maximum atomic E-state index is 13.1. The summed E-state index contributed by atoms with van der Waals surface area (Å²) in [4.78, 5) is 11.8. The molecule has 1 saturated heterocycles. The van der Waals surface area contributed by atoms with E-state index in [9.17, 15) is 9.18 Å². The van der Waals surface area contributed by atoms with Crippen molar-refractivity contribution in [3.63, 3.8) is 0 Å². The van der Waals surface area contributed by atoms with Crippen LogP contribution in [0.2, 0.25) is 0 Å². The average molecular weight is 264 g/mol. The lowest BCUT2D eigenvalue weighted by atomic mass is 10.0. The fourth-order valence-corrected chi connectivity index (χ4v) is 2.52. The molecule has 1 aromatic rings. The van der Waals surface area contributed by atoms with E-state index in [-0.39, 0.29) is 23.8 Å². The first-order valence-electron chi connectivity index (χ1n) is 6.93. The van der Waals surface area contributed by atoms with Crippen LogP contribution in [0.1, 0.15) is 31.7 Å². The molecule has 1 fully saturated rings. The van der Waals surface area contributed by atoms with Crippen molar-refractivity contribution in [3.05, 3.63) is 35.6 Å². The van der Waals surface area contributed by atoms with Gasteiger partial charge in [0.25, 0.3) is 0 Å². The van der Waals surface area contributed by atoms with E-state index in [2.05, 4.69) is 10.6 Å². The van der Waals surface area contributed by atoms with E-state index in [1.165, 1.54) is 6.07 Å². The third-order valence-corrected chi connectivity index (χ3v) is 3.45. The van der Waals surface area contributed by atoms with E-state index in [1.54, 1.807) is 12.1 Å². The Hall–Kier alpha value is -1.42. The molecule has 0 saturated carbocycles. The van der Waals surface area contributed by atoms with Gasteiger partial charge < -0.3 is 10.6 Å². The van der Waals surface area contributed by atoms with Crippen LogP contribution >= 0.6 is 0 Å². The lowest BCUT2D eigenvalue weighted by Gasteiger charge is -2.21. The molecular formula is C15H21FN2O. The zero-order valence-corrected chi connectivity index (χ0v) is 11.3. The fourth-order valence-electron chi connectivity index (χ4n) is 2.52. The highest BCUT2D eigenvalue weighted by atomic mass is 19.1. The summed E-state index contributed by atoms with van der Waals surface area (Å²) in [5.41, 5.74) is 0.953. The molecule has 2 N–H and O–H groups in total. The third kappa shape index (κ3) is 4.31. The lowest BCUT2D eigenvalue weighted by molar-refractivity contribution is -0.123. The van der Waals surface area contributed by atoms with Crippen molar-refractivity contribution < 1.29 is 9.18 Å². The minimum Gasteiger partial charge on any atom is -0.355 e. The monoisotopic (exact) mass is 264 g/mol. The predicted octanol–water partition coefficient (Wildman–Crippen LogP) is 2.02. The maximum Gasteiger partial charge on any atom is 0.237 e. The van der Waals surface area contributed by atoms with Gasteiger partial charge in [0.1, 0.15) is 5.82 Å². The molecule has 2 rings (SSSR count). The van der Waals surface area contributed by atoms with Crippen molar-refractivity contribution in [2.45, 2.75) is 44.7 Å². The summed E-state index contributed by atoms with van der Waals surface area (Å²) in [5, 5.41) is 6.25. The summed E-state index contributed by atoms with van der Waals surface area (Å²) >= 11 is 0. The Morgan fingerprint density at radius 1 is 1.47 bits per heavy atom. The molecule has 3 nitrogen and oxygen atoms in total. The molecule has 0 aromatic heterocycles. The van der Waals surface area contributed by atoms with Gasteiger partial charge in [-0.3, -0.25) is 4.79 Å². The molecule has 1 aromatic carbocycles. The van der Waals surface area contributed by atoms with Crippen LogP contribution in [0, 0.1) is 5.82 Å². The van der Waals surface area contributed by atoms with Gasteiger partial charge in [0.05, 0.1) is 6.04 Å². The highest BCUT2D eigenvalue weighted by Crippen LogP contribution is 2.10. The molecule has 1 aliphatic rings. The summed E-state index contributed by atoms with van der Waals surface area (Å²) in [6, 6.07) is 6.65. The second-order valence-electron chi connectivity index (χ2n) is 5.24. The van der Waals surface area contributed by atoms with E-state index >= 15 is 0 Å². The van der Waals surface area contributed by atoms with Crippen LogP contribution in [0.25, 0.3) is 0 Å². The molecule has 2 atom stereocenters. The molecule has 0 aliphatic carbocycles. The van der Waals surface area contributed by atoms with E-state index in [0.717, 1.165) is 37.8 Å². The fraction of sp³-hybridized carbons (Fsp3) is 0.533. The summed E-state index contributed by atoms with van der Waals surface area (Å²) < 4.78 is 13.1. The number of nitrogens with one attached hydrogen (secondary N) is 2. The summed E-state index contributed by atoms with van der Waals surface area (Å²) in [7, 11) is 0. The zero-order valence-electron chi connectivity index (χ0n) is 11.3. The summed E-state index contributed by atoms with van der Waals surface area (Å²) in [6.07, 6.45) is 3.70. The highest BCUT2D eigenvalue weighted by molar-refractivity contribution is 5.81. The molecule has 1 amide bonds. The number of hydrogen-bond acceptors (Lipinski definition) is 2. The second-order valence-corrected chi connectivity index (χ2v) is 5.24. The van der Waals surface area contributed by atoms with Crippen LogP contribution in [0.15, 0.2) is 24.3 Å². The van der Waals surface area contributed by atoms with Crippen LogP contribution in [-0.2, 0) is 11.2 Å². The molecule has 104 valence electrons. The van der Waals surface area contributed by atoms with E-state index in [0.29, 0.717) is 0 Å². The second kappa shape index (κ2) is 6.66. The Morgan fingerprint density at radius 3 is 3.11 bits per heavy atom. The lowest BCUT2D eigenvalue weighted by Crippen LogP contribution is -2.47. The van der Waals surface area contributed by atoms with Gasteiger partial charge in [-0.25, -0.2) is 4.39 Å². The normalized spacial score (nSPS) is 21.6. The van der Waals surface area contributed by atoms with Crippen molar-refractivity contribution in [2.24, 2.45) is 0 Å². The van der Waals surface area contributed by atoms with E-state index < -0.39 is 0 Å². The summed E-state index contributed by atoms with van der Waals surface area (Å²) in [6.45, 7) is 2.80. The van der Waals surface area contributed by atoms with Crippen molar-refractivity contribution in [2.75, 3.05) is 6.54 Å². The van der Waals surface area contributed by atoms with Crippen LogP contribution in [0.4, 0.5) is 4.39 Å². The first kappa shape index (κ1) is 14.0. The standard InChI is InChI=1S/C15H21FN2O/c1-11(9-12-5-4-6-13(16)10-12)18-14-7-2-3-8-17-15(14)19/h4-6,10-11,14,18H,2-3,7-9H2,1H3,(H,17,19). The van der Waals surface area contributed by atoms with Crippen molar-refractivity contribution in [3.8, 4) is 0 Å². The first-order valence-corrected chi connectivity index (χ1v) is 6.93. The van der Waals surface area contributed by atoms with E-state index in [4.69, 9.17) is 0 Å². The van der Waals surface area contributed by atoms with Gasteiger partial charge in [0.2, 0.25) is 5.91 Å². The first-order chi connectivity index (χ1) is 9.15. The smallest absolute Gasteiger partial charge is 0.237 e.